The molecule has 30 heavy (non-hydrogen) atoms. The van der Waals surface area contributed by atoms with Crippen LogP contribution >= 0.6 is 0 Å². The summed E-state index contributed by atoms with van der Waals surface area (Å²) in [4.78, 5) is 0. The van der Waals surface area contributed by atoms with Crippen molar-refractivity contribution in [2.45, 2.75) is 44.8 Å². The van der Waals surface area contributed by atoms with Gasteiger partial charge < -0.3 is 0 Å². The van der Waals surface area contributed by atoms with Crippen LogP contribution in [-0.4, -0.2) is 8.07 Å². The van der Waals surface area contributed by atoms with Crippen LogP contribution in [-0.2, 0) is 12.8 Å². The van der Waals surface area contributed by atoms with E-state index >= 15 is 0 Å². The van der Waals surface area contributed by atoms with Gasteiger partial charge >= 0.3 is 0 Å². The van der Waals surface area contributed by atoms with Crippen molar-refractivity contribution in [2.75, 3.05) is 0 Å². The summed E-state index contributed by atoms with van der Waals surface area (Å²) in [5.41, 5.74) is 4.38. The molecule has 0 aliphatic heterocycles. The molecule has 0 saturated heterocycles. The fourth-order valence-corrected chi connectivity index (χ4v) is 5.82. The number of rotatable bonds is 10. The van der Waals surface area contributed by atoms with Crippen molar-refractivity contribution >= 4 is 13.3 Å². The zero-order valence-electron chi connectivity index (χ0n) is 18.4. The van der Waals surface area contributed by atoms with E-state index < -0.39 is 8.07 Å². The van der Waals surface area contributed by atoms with Crippen molar-refractivity contribution in [1.29, 1.82) is 0 Å². The topological polar surface area (TPSA) is 0 Å². The van der Waals surface area contributed by atoms with Gasteiger partial charge in [0.25, 0.3) is 0 Å². The largest absolute Gasteiger partial charge is 0.0869 e. The molecule has 0 radical (unpaired) electrons. The SMILES string of the molecule is C[Si](C)(C/C=C/C=C(CCc1ccccc1)CCc1ccccc1)c1ccccc1. The number of benzene rings is 3. The second kappa shape index (κ2) is 11.5. The molecule has 0 amide bonds. The van der Waals surface area contributed by atoms with Gasteiger partial charge in [0.05, 0.1) is 8.07 Å². The van der Waals surface area contributed by atoms with Crippen LogP contribution in [0.2, 0.25) is 19.1 Å². The van der Waals surface area contributed by atoms with Crippen molar-refractivity contribution in [3.05, 3.63) is 126 Å². The molecule has 0 aliphatic carbocycles. The van der Waals surface area contributed by atoms with Crippen LogP contribution < -0.4 is 5.19 Å². The van der Waals surface area contributed by atoms with E-state index in [4.69, 9.17) is 0 Å². The van der Waals surface area contributed by atoms with Gasteiger partial charge in [-0.25, -0.2) is 0 Å². The molecule has 0 N–H and O–H groups in total. The molecular formula is C29H34Si. The van der Waals surface area contributed by atoms with E-state index in [-0.39, 0.29) is 0 Å². The summed E-state index contributed by atoms with van der Waals surface area (Å²) in [6.45, 7) is 4.92. The summed E-state index contributed by atoms with van der Waals surface area (Å²) in [5, 5.41) is 1.53. The maximum atomic E-state index is 2.46. The maximum Gasteiger partial charge on any atom is 0.0843 e. The van der Waals surface area contributed by atoms with Gasteiger partial charge in [0.2, 0.25) is 0 Å². The molecular weight excluding hydrogens is 376 g/mol. The highest BCUT2D eigenvalue weighted by molar-refractivity contribution is 6.90. The zero-order valence-corrected chi connectivity index (χ0v) is 19.4. The lowest BCUT2D eigenvalue weighted by Crippen LogP contribution is -2.40. The lowest BCUT2D eigenvalue weighted by molar-refractivity contribution is 0.835. The Morgan fingerprint density at radius 1 is 0.667 bits per heavy atom. The zero-order chi connectivity index (χ0) is 21.1. The molecule has 3 aromatic carbocycles. The van der Waals surface area contributed by atoms with Gasteiger partial charge in [-0.05, 0) is 42.9 Å². The predicted molar refractivity (Wildman–Crippen MR) is 135 cm³/mol. The molecule has 0 atom stereocenters. The van der Waals surface area contributed by atoms with E-state index in [1.165, 1.54) is 27.9 Å². The first kappa shape index (κ1) is 22.1. The highest BCUT2D eigenvalue weighted by Gasteiger charge is 2.20. The number of hydrogen-bond donors (Lipinski definition) is 0. The van der Waals surface area contributed by atoms with E-state index in [1.54, 1.807) is 0 Å². The average molecular weight is 411 g/mol. The Hall–Kier alpha value is -2.64. The minimum atomic E-state index is -1.41. The minimum absolute atomic E-state index is 1.11. The molecule has 3 aromatic rings. The highest BCUT2D eigenvalue weighted by Crippen LogP contribution is 2.17. The second-order valence-electron chi connectivity index (χ2n) is 8.68. The summed E-state index contributed by atoms with van der Waals surface area (Å²) in [7, 11) is -1.41. The van der Waals surface area contributed by atoms with Crippen molar-refractivity contribution in [1.82, 2.24) is 0 Å². The fraction of sp³-hybridized carbons (Fsp3) is 0.241. The van der Waals surface area contributed by atoms with E-state index in [0.717, 1.165) is 25.7 Å². The maximum absolute atomic E-state index is 2.46. The summed E-state index contributed by atoms with van der Waals surface area (Å²) in [6, 6.07) is 33.9. The van der Waals surface area contributed by atoms with Crippen LogP contribution in [0.25, 0.3) is 0 Å². The molecule has 0 aliphatic rings. The lowest BCUT2D eigenvalue weighted by atomic mass is 9.98. The normalized spacial score (nSPS) is 11.5. The van der Waals surface area contributed by atoms with E-state index in [0.29, 0.717) is 0 Å². The van der Waals surface area contributed by atoms with Crippen molar-refractivity contribution in [2.24, 2.45) is 0 Å². The van der Waals surface area contributed by atoms with Crippen LogP contribution in [0.4, 0.5) is 0 Å². The first-order valence-electron chi connectivity index (χ1n) is 11.1. The van der Waals surface area contributed by atoms with Gasteiger partial charge in [-0.3, -0.25) is 0 Å². The Morgan fingerprint density at radius 2 is 1.13 bits per heavy atom. The molecule has 0 spiro atoms. The molecule has 0 nitrogen and oxygen atoms in total. The van der Waals surface area contributed by atoms with Crippen LogP contribution in [0.3, 0.4) is 0 Å². The van der Waals surface area contributed by atoms with Gasteiger partial charge in [-0.1, -0.05) is 133 Å². The molecule has 3 rings (SSSR count). The van der Waals surface area contributed by atoms with Crippen LogP contribution in [0, 0.1) is 0 Å². The molecule has 0 heterocycles. The van der Waals surface area contributed by atoms with Gasteiger partial charge in [0.1, 0.15) is 0 Å². The molecule has 0 aromatic heterocycles. The van der Waals surface area contributed by atoms with Crippen molar-refractivity contribution in [3.63, 3.8) is 0 Å². The molecule has 0 saturated carbocycles. The van der Waals surface area contributed by atoms with Gasteiger partial charge in [-0.15, -0.1) is 0 Å². The number of hydrogen-bond acceptors (Lipinski definition) is 0. The molecule has 1 heteroatoms. The Kier molecular flexibility index (Phi) is 8.47. The smallest absolute Gasteiger partial charge is 0.0843 e. The Balaban J connectivity index is 1.63. The Morgan fingerprint density at radius 3 is 1.63 bits per heavy atom. The van der Waals surface area contributed by atoms with Crippen LogP contribution in [0.15, 0.2) is 115 Å². The average Bonchev–Trinajstić information content (AvgIpc) is 2.80. The molecule has 0 fully saturated rings. The third-order valence-corrected chi connectivity index (χ3v) is 8.96. The minimum Gasteiger partial charge on any atom is -0.0869 e. The van der Waals surface area contributed by atoms with Crippen molar-refractivity contribution in [3.8, 4) is 0 Å². The summed E-state index contributed by atoms with van der Waals surface area (Å²) in [5.74, 6) is 0. The monoisotopic (exact) mass is 410 g/mol. The quantitative estimate of drug-likeness (QED) is 0.242. The van der Waals surface area contributed by atoms with E-state index in [2.05, 4.69) is 122 Å². The second-order valence-corrected chi connectivity index (χ2v) is 13.4. The molecule has 154 valence electrons. The van der Waals surface area contributed by atoms with Gasteiger partial charge in [0.15, 0.2) is 0 Å². The first-order chi connectivity index (χ1) is 14.6. The summed E-state index contributed by atoms with van der Waals surface area (Å²) < 4.78 is 0. The summed E-state index contributed by atoms with van der Waals surface area (Å²) in [6.07, 6.45) is 11.6. The van der Waals surface area contributed by atoms with E-state index in [9.17, 15) is 0 Å². The first-order valence-corrected chi connectivity index (χ1v) is 14.3. The number of allylic oxidation sites excluding steroid dienone is 4. The lowest BCUT2D eigenvalue weighted by Gasteiger charge is -2.20. The van der Waals surface area contributed by atoms with E-state index in [1.807, 2.05) is 0 Å². The fourth-order valence-electron chi connectivity index (χ4n) is 3.76. The predicted octanol–water partition coefficient (Wildman–Crippen LogP) is 7.35. The Labute approximate surface area is 184 Å². The van der Waals surface area contributed by atoms with Gasteiger partial charge in [0, 0.05) is 0 Å². The highest BCUT2D eigenvalue weighted by atomic mass is 28.3. The van der Waals surface area contributed by atoms with Gasteiger partial charge in [-0.2, -0.15) is 0 Å². The number of aryl methyl sites for hydroxylation is 2. The molecule has 0 bridgehead atoms. The summed E-state index contributed by atoms with van der Waals surface area (Å²) >= 11 is 0. The standard InChI is InChI=1S/C29H34Si/c1-30(2,29-19-10-5-11-20-29)25-13-12-18-28(23-21-26-14-6-3-7-15-26)24-22-27-16-8-4-9-17-27/h3-20H,21-25H2,1-2H3/b13-12+. The molecule has 0 unspecified atom stereocenters. The Bertz CT molecular complexity index is 876. The third-order valence-electron chi connectivity index (χ3n) is 5.81. The third kappa shape index (κ3) is 7.31. The van der Waals surface area contributed by atoms with Crippen LogP contribution in [0.5, 0.6) is 0 Å². The van der Waals surface area contributed by atoms with Crippen molar-refractivity contribution < 1.29 is 0 Å². The van der Waals surface area contributed by atoms with Crippen LogP contribution in [0.1, 0.15) is 24.0 Å².